The Morgan fingerprint density at radius 2 is 1.83 bits per heavy atom. The van der Waals surface area contributed by atoms with Crippen molar-refractivity contribution in [3.63, 3.8) is 0 Å². The Labute approximate surface area is 142 Å². The molecule has 3 rings (SSSR count). The molecule has 130 valence electrons. The molecule has 2 heterocycles. The first kappa shape index (κ1) is 16.9. The second-order valence-electron chi connectivity index (χ2n) is 6.86. The molecular formula is C18H25N3O3. The van der Waals surface area contributed by atoms with Gasteiger partial charge in [-0.1, -0.05) is 12.1 Å². The van der Waals surface area contributed by atoms with Crippen LogP contribution in [0.25, 0.3) is 0 Å². The van der Waals surface area contributed by atoms with Gasteiger partial charge in [-0.3, -0.25) is 19.8 Å². The summed E-state index contributed by atoms with van der Waals surface area (Å²) < 4.78 is 0. The Morgan fingerprint density at radius 1 is 1.12 bits per heavy atom. The maximum Gasteiger partial charge on any atom is 0.269 e. The van der Waals surface area contributed by atoms with Gasteiger partial charge in [0.25, 0.3) is 5.69 Å². The number of nitro groups is 1. The van der Waals surface area contributed by atoms with Crippen LogP contribution in [0.2, 0.25) is 0 Å². The molecule has 0 saturated carbocycles. The van der Waals surface area contributed by atoms with Crippen LogP contribution in [-0.2, 0) is 11.3 Å². The van der Waals surface area contributed by atoms with E-state index >= 15 is 0 Å². The number of nitro benzene ring substituents is 1. The molecule has 0 aromatic heterocycles. The van der Waals surface area contributed by atoms with E-state index in [1.807, 2.05) is 11.0 Å². The molecule has 0 unspecified atom stereocenters. The molecule has 0 N–H and O–H groups in total. The van der Waals surface area contributed by atoms with Gasteiger partial charge in [0.05, 0.1) is 4.92 Å². The second-order valence-corrected chi connectivity index (χ2v) is 6.86. The molecule has 0 radical (unpaired) electrons. The summed E-state index contributed by atoms with van der Waals surface area (Å²) >= 11 is 0. The molecule has 6 nitrogen and oxygen atoms in total. The summed E-state index contributed by atoms with van der Waals surface area (Å²) in [6.07, 6.45) is 5.30. The van der Waals surface area contributed by atoms with Crippen molar-refractivity contribution in [1.82, 2.24) is 9.80 Å². The average molecular weight is 331 g/mol. The van der Waals surface area contributed by atoms with E-state index < -0.39 is 0 Å². The highest BCUT2D eigenvalue weighted by atomic mass is 16.6. The van der Waals surface area contributed by atoms with Crippen LogP contribution in [0.1, 0.15) is 37.7 Å². The molecule has 0 aliphatic carbocycles. The average Bonchev–Trinajstić information content (AvgIpc) is 2.63. The van der Waals surface area contributed by atoms with Gasteiger partial charge < -0.3 is 4.90 Å². The lowest BCUT2D eigenvalue weighted by Gasteiger charge is -2.35. The van der Waals surface area contributed by atoms with Crippen LogP contribution in [0, 0.1) is 16.0 Å². The van der Waals surface area contributed by atoms with Crippen LogP contribution in [0.3, 0.4) is 0 Å². The maximum absolute atomic E-state index is 12.6. The number of carbonyl (C=O) groups excluding carboxylic acids is 1. The smallest absolute Gasteiger partial charge is 0.269 e. The Kier molecular flexibility index (Phi) is 5.45. The first-order valence-electron chi connectivity index (χ1n) is 8.88. The predicted octanol–water partition coefficient (Wildman–Crippen LogP) is 2.82. The van der Waals surface area contributed by atoms with E-state index in [0.29, 0.717) is 12.5 Å². The fourth-order valence-electron chi connectivity index (χ4n) is 3.74. The van der Waals surface area contributed by atoms with E-state index in [4.69, 9.17) is 0 Å². The molecule has 2 aliphatic rings. The second kappa shape index (κ2) is 7.75. The normalized spacial score (nSPS) is 20.1. The summed E-state index contributed by atoms with van der Waals surface area (Å²) in [6.45, 7) is 4.33. The van der Waals surface area contributed by atoms with Gasteiger partial charge in [-0.2, -0.15) is 0 Å². The summed E-state index contributed by atoms with van der Waals surface area (Å²) in [6, 6.07) is 6.83. The van der Waals surface area contributed by atoms with Crippen LogP contribution in [0.5, 0.6) is 0 Å². The zero-order chi connectivity index (χ0) is 16.9. The first-order chi connectivity index (χ1) is 11.6. The van der Waals surface area contributed by atoms with Gasteiger partial charge in [0.2, 0.25) is 5.91 Å². The zero-order valence-corrected chi connectivity index (χ0v) is 14.0. The summed E-state index contributed by atoms with van der Waals surface area (Å²) in [5.74, 6) is 0.495. The van der Waals surface area contributed by atoms with Gasteiger partial charge >= 0.3 is 0 Å². The van der Waals surface area contributed by atoms with Crippen molar-refractivity contribution in [3.8, 4) is 0 Å². The van der Waals surface area contributed by atoms with Crippen LogP contribution in [0.4, 0.5) is 5.69 Å². The monoisotopic (exact) mass is 331 g/mol. The number of amides is 1. The standard InChI is InChI=1S/C18H25N3O3/c22-18(20-9-2-1-3-10-20)16-7-11-19(12-8-16)14-15-5-4-6-17(13-15)21(23)24/h4-6,13,16H,1-3,7-12,14H2. The zero-order valence-electron chi connectivity index (χ0n) is 14.0. The number of non-ortho nitro benzene ring substituents is 1. The Hall–Kier alpha value is -1.95. The number of rotatable bonds is 4. The Morgan fingerprint density at radius 3 is 2.50 bits per heavy atom. The summed E-state index contributed by atoms with van der Waals surface area (Å²) in [5.41, 5.74) is 1.10. The van der Waals surface area contributed by atoms with Crippen LogP contribution in [-0.4, -0.2) is 46.8 Å². The number of carbonyl (C=O) groups is 1. The van der Waals surface area contributed by atoms with Crippen molar-refractivity contribution in [2.45, 2.75) is 38.6 Å². The molecule has 1 amide bonds. The van der Waals surface area contributed by atoms with Crippen molar-refractivity contribution < 1.29 is 9.72 Å². The molecule has 0 spiro atoms. The molecule has 0 atom stereocenters. The summed E-state index contributed by atoms with van der Waals surface area (Å²) in [4.78, 5) is 27.4. The third-order valence-electron chi connectivity index (χ3n) is 5.13. The van der Waals surface area contributed by atoms with Crippen LogP contribution in [0.15, 0.2) is 24.3 Å². The van der Waals surface area contributed by atoms with E-state index in [1.54, 1.807) is 12.1 Å². The first-order valence-corrected chi connectivity index (χ1v) is 8.88. The highest BCUT2D eigenvalue weighted by Gasteiger charge is 2.29. The number of hydrogen-bond donors (Lipinski definition) is 0. The van der Waals surface area contributed by atoms with Gasteiger partial charge in [-0.05, 0) is 50.8 Å². The molecule has 1 aromatic carbocycles. The van der Waals surface area contributed by atoms with Crippen molar-refractivity contribution >= 4 is 11.6 Å². The highest BCUT2D eigenvalue weighted by molar-refractivity contribution is 5.79. The highest BCUT2D eigenvalue weighted by Crippen LogP contribution is 2.23. The lowest BCUT2D eigenvalue weighted by Crippen LogP contribution is -2.44. The molecular weight excluding hydrogens is 306 g/mol. The van der Waals surface area contributed by atoms with E-state index in [1.165, 1.54) is 12.5 Å². The van der Waals surface area contributed by atoms with E-state index in [9.17, 15) is 14.9 Å². The molecule has 2 saturated heterocycles. The van der Waals surface area contributed by atoms with Gasteiger partial charge in [0, 0.05) is 37.7 Å². The topological polar surface area (TPSA) is 66.7 Å². The number of benzene rings is 1. The number of hydrogen-bond acceptors (Lipinski definition) is 4. The molecule has 1 aromatic rings. The Balaban J connectivity index is 1.50. The van der Waals surface area contributed by atoms with Gasteiger partial charge in [-0.25, -0.2) is 0 Å². The van der Waals surface area contributed by atoms with Crippen LogP contribution >= 0.6 is 0 Å². The number of nitrogens with zero attached hydrogens (tertiary/aromatic N) is 3. The Bertz CT molecular complexity index is 591. The quantitative estimate of drug-likeness (QED) is 0.628. The SMILES string of the molecule is O=C(C1CCN(Cc2cccc([N+](=O)[O-])c2)CC1)N1CCCCC1. The third-order valence-corrected chi connectivity index (χ3v) is 5.13. The fraction of sp³-hybridized carbons (Fsp3) is 0.611. The van der Waals surface area contributed by atoms with Crippen molar-refractivity contribution in [1.29, 1.82) is 0 Å². The molecule has 24 heavy (non-hydrogen) atoms. The molecule has 6 heteroatoms. The molecule has 0 bridgehead atoms. The predicted molar refractivity (Wildman–Crippen MR) is 91.5 cm³/mol. The van der Waals surface area contributed by atoms with Gasteiger partial charge in [0.15, 0.2) is 0 Å². The van der Waals surface area contributed by atoms with Crippen molar-refractivity contribution in [2.24, 2.45) is 5.92 Å². The summed E-state index contributed by atoms with van der Waals surface area (Å²) in [5, 5.41) is 10.9. The minimum absolute atomic E-state index is 0.141. The van der Waals surface area contributed by atoms with Crippen LogP contribution < -0.4 is 0 Å². The maximum atomic E-state index is 12.6. The number of piperidine rings is 2. The molecule has 2 fully saturated rings. The van der Waals surface area contributed by atoms with Gasteiger partial charge in [0.1, 0.15) is 0 Å². The minimum atomic E-state index is -0.354. The van der Waals surface area contributed by atoms with Crippen molar-refractivity contribution in [2.75, 3.05) is 26.2 Å². The van der Waals surface area contributed by atoms with Gasteiger partial charge in [-0.15, -0.1) is 0 Å². The lowest BCUT2D eigenvalue weighted by molar-refractivity contribution is -0.384. The fourth-order valence-corrected chi connectivity index (χ4v) is 3.74. The largest absolute Gasteiger partial charge is 0.342 e. The third kappa shape index (κ3) is 4.12. The van der Waals surface area contributed by atoms with E-state index in [0.717, 1.165) is 57.4 Å². The lowest BCUT2D eigenvalue weighted by atomic mass is 9.94. The molecule has 2 aliphatic heterocycles. The summed E-state index contributed by atoms with van der Waals surface area (Å²) in [7, 11) is 0. The van der Waals surface area contributed by atoms with Crippen molar-refractivity contribution in [3.05, 3.63) is 39.9 Å². The number of likely N-dealkylation sites (tertiary alicyclic amines) is 2. The van der Waals surface area contributed by atoms with E-state index in [2.05, 4.69) is 4.90 Å². The minimum Gasteiger partial charge on any atom is -0.342 e. The van der Waals surface area contributed by atoms with E-state index in [-0.39, 0.29) is 16.5 Å².